The van der Waals surface area contributed by atoms with Gasteiger partial charge in [-0.15, -0.1) is 10.2 Å². The van der Waals surface area contributed by atoms with Crippen LogP contribution in [0.4, 0.5) is 10.5 Å². The molecule has 2 amide bonds. The Morgan fingerprint density at radius 1 is 1.07 bits per heavy atom. The Balaban J connectivity index is 1.57. The first-order valence-corrected chi connectivity index (χ1v) is 10.7. The van der Waals surface area contributed by atoms with Crippen LogP contribution in [0.15, 0.2) is 68.0 Å². The second-order valence-corrected chi connectivity index (χ2v) is 8.62. The van der Waals surface area contributed by atoms with Crippen molar-refractivity contribution in [1.29, 1.82) is 0 Å². The Hall–Kier alpha value is -3.84. The van der Waals surface area contributed by atoms with Crippen molar-refractivity contribution in [3.63, 3.8) is 0 Å². The lowest BCUT2D eigenvalue weighted by Gasteiger charge is -2.09. The molecule has 0 saturated carbocycles. The van der Waals surface area contributed by atoms with Gasteiger partial charge >= 0.3 is 11.7 Å². The summed E-state index contributed by atoms with van der Waals surface area (Å²) in [6.07, 6.45) is 0. The highest BCUT2D eigenvalue weighted by Crippen LogP contribution is 2.13. The standard InChI is InChI=1S/C17H12N6O5S2/c24-14-12-3-1-2-4-13(12)20-16(26)23(14)11-7-5-10(6-8-11)19-15(25)22-30(27,28)17-21-18-9-29-17/h1-9H,(H,20,26)(H2,19,22,25). The van der Waals surface area contributed by atoms with Crippen molar-refractivity contribution >= 4 is 44.0 Å². The maximum Gasteiger partial charge on any atom is 0.333 e. The number of sulfonamides is 1. The van der Waals surface area contributed by atoms with E-state index < -0.39 is 27.3 Å². The number of nitrogens with zero attached hydrogens (tertiary/aromatic N) is 3. The molecule has 2 heterocycles. The first kappa shape index (κ1) is 19.5. The predicted molar refractivity (Wildman–Crippen MR) is 109 cm³/mol. The van der Waals surface area contributed by atoms with E-state index in [0.717, 1.165) is 15.9 Å². The number of carbonyl (C=O) groups excluding carboxylic acids is 1. The predicted octanol–water partition coefficient (Wildman–Crippen LogP) is 1.04. The summed E-state index contributed by atoms with van der Waals surface area (Å²) in [5.74, 6) is 0. The Morgan fingerprint density at radius 2 is 1.80 bits per heavy atom. The van der Waals surface area contributed by atoms with E-state index in [1.807, 2.05) is 4.72 Å². The second-order valence-electron chi connectivity index (χ2n) is 5.93. The van der Waals surface area contributed by atoms with Crippen LogP contribution in [0.25, 0.3) is 16.6 Å². The van der Waals surface area contributed by atoms with Crippen LogP contribution in [0.3, 0.4) is 0 Å². The summed E-state index contributed by atoms with van der Waals surface area (Å²) in [5.41, 5.74) is 1.07. The highest BCUT2D eigenvalue weighted by molar-refractivity contribution is 7.92. The number of benzene rings is 2. The Bertz CT molecular complexity index is 1460. The molecule has 0 saturated heterocycles. The van der Waals surface area contributed by atoms with Gasteiger partial charge in [-0.05, 0) is 36.4 Å². The van der Waals surface area contributed by atoms with Crippen LogP contribution in [0.5, 0.6) is 0 Å². The summed E-state index contributed by atoms with van der Waals surface area (Å²) in [4.78, 5) is 39.6. The van der Waals surface area contributed by atoms with Gasteiger partial charge in [0.2, 0.25) is 0 Å². The highest BCUT2D eigenvalue weighted by atomic mass is 32.2. The average molecular weight is 444 g/mol. The van der Waals surface area contributed by atoms with Gasteiger partial charge in [0.15, 0.2) is 0 Å². The lowest BCUT2D eigenvalue weighted by Crippen LogP contribution is -2.34. The third-order valence-electron chi connectivity index (χ3n) is 3.99. The Morgan fingerprint density at radius 3 is 2.50 bits per heavy atom. The number of urea groups is 1. The monoisotopic (exact) mass is 444 g/mol. The summed E-state index contributed by atoms with van der Waals surface area (Å²) in [6.45, 7) is 0. The molecule has 4 rings (SSSR count). The summed E-state index contributed by atoms with van der Waals surface area (Å²) < 4.78 is 26.4. The summed E-state index contributed by atoms with van der Waals surface area (Å²) in [6, 6.07) is 11.4. The molecule has 0 bridgehead atoms. The quantitative estimate of drug-likeness (QED) is 0.424. The van der Waals surface area contributed by atoms with Gasteiger partial charge < -0.3 is 10.3 Å². The number of fused-ring (bicyclic) bond motifs is 1. The van der Waals surface area contributed by atoms with Crippen LogP contribution in [-0.2, 0) is 10.0 Å². The van der Waals surface area contributed by atoms with Gasteiger partial charge in [-0.2, -0.15) is 8.42 Å². The summed E-state index contributed by atoms with van der Waals surface area (Å²) in [7, 11) is -4.13. The maximum atomic E-state index is 12.7. The van der Waals surface area contributed by atoms with E-state index in [2.05, 4.69) is 20.5 Å². The number of aromatic nitrogens is 4. The zero-order valence-corrected chi connectivity index (χ0v) is 16.5. The molecule has 0 radical (unpaired) electrons. The number of carbonyl (C=O) groups is 1. The fourth-order valence-corrected chi connectivity index (χ4v) is 4.27. The van der Waals surface area contributed by atoms with Gasteiger partial charge in [0.25, 0.3) is 19.9 Å². The van der Waals surface area contributed by atoms with Crippen LogP contribution in [-0.4, -0.2) is 34.2 Å². The van der Waals surface area contributed by atoms with Crippen LogP contribution in [0.1, 0.15) is 0 Å². The molecule has 0 aliphatic carbocycles. The summed E-state index contributed by atoms with van der Waals surface area (Å²) >= 11 is 0.764. The maximum absolute atomic E-state index is 12.7. The first-order chi connectivity index (χ1) is 14.3. The molecule has 11 nitrogen and oxygen atoms in total. The third kappa shape index (κ3) is 3.70. The van der Waals surface area contributed by atoms with Crippen LogP contribution in [0.2, 0.25) is 0 Å². The molecule has 30 heavy (non-hydrogen) atoms. The van der Waals surface area contributed by atoms with Gasteiger partial charge in [-0.1, -0.05) is 23.5 Å². The number of rotatable bonds is 4. The van der Waals surface area contributed by atoms with E-state index in [9.17, 15) is 22.8 Å². The topological polar surface area (TPSA) is 156 Å². The molecule has 0 aliphatic rings. The van der Waals surface area contributed by atoms with E-state index >= 15 is 0 Å². The number of aromatic amines is 1. The van der Waals surface area contributed by atoms with E-state index in [0.29, 0.717) is 10.9 Å². The minimum atomic E-state index is -4.13. The normalized spacial score (nSPS) is 11.3. The largest absolute Gasteiger partial charge is 0.333 e. The third-order valence-corrected chi connectivity index (χ3v) is 6.41. The fraction of sp³-hybridized carbons (Fsp3) is 0. The van der Waals surface area contributed by atoms with Crippen molar-refractivity contribution < 1.29 is 13.2 Å². The molecule has 0 atom stereocenters. The van der Waals surface area contributed by atoms with E-state index in [1.165, 1.54) is 29.8 Å². The summed E-state index contributed by atoms with van der Waals surface area (Å²) in [5, 5.41) is 9.52. The Labute approximate surface area is 172 Å². The molecule has 2 aromatic carbocycles. The lowest BCUT2D eigenvalue weighted by molar-refractivity contribution is 0.256. The van der Waals surface area contributed by atoms with Crippen molar-refractivity contribution in [1.82, 2.24) is 24.5 Å². The number of H-pyrrole nitrogens is 1. The minimum Gasteiger partial charge on any atom is -0.307 e. The van der Waals surface area contributed by atoms with Crippen molar-refractivity contribution in [2.45, 2.75) is 4.34 Å². The van der Waals surface area contributed by atoms with Gasteiger partial charge in [-0.3, -0.25) is 4.79 Å². The Kier molecular flexibility index (Phi) is 4.89. The van der Waals surface area contributed by atoms with Crippen LogP contribution < -0.4 is 21.3 Å². The van der Waals surface area contributed by atoms with E-state index in [-0.39, 0.29) is 15.7 Å². The second kappa shape index (κ2) is 7.53. The molecule has 2 aromatic heterocycles. The van der Waals surface area contributed by atoms with Crippen molar-refractivity contribution in [2.24, 2.45) is 0 Å². The molecular formula is C17H12N6O5S2. The van der Waals surface area contributed by atoms with Gasteiger partial charge in [0, 0.05) is 5.69 Å². The molecular weight excluding hydrogens is 432 g/mol. The van der Waals surface area contributed by atoms with Gasteiger partial charge in [0.05, 0.1) is 16.6 Å². The lowest BCUT2D eigenvalue weighted by atomic mass is 10.2. The molecule has 4 aromatic rings. The van der Waals surface area contributed by atoms with Gasteiger partial charge in [-0.25, -0.2) is 18.9 Å². The number of anilines is 1. The SMILES string of the molecule is O=C(Nc1ccc(-n2c(=O)[nH]c3ccccc3c2=O)cc1)NS(=O)(=O)c1nncs1. The van der Waals surface area contributed by atoms with Crippen LogP contribution >= 0.6 is 11.3 Å². The number of nitrogens with one attached hydrogen (secondary N) is 3. The molecule has 13 heteroatoms. The number of hydrogen-bond acceptors (Lipinski definition) is 8. The van der Waals surface area contributed by atoms with Crippen molar-refractivity contribution in [2.75, 3.05) is 5.32 Å². The van der Waals surface area contributed by atoms with E-state index in [1.54, 1.807) is 24.3 Å². The molecule has 152 valence electrons. The molecule has 0 aliphatic heterocycles. The number of para-hydroxylation sites is 1. The highest BCUT2D eigenvalue weighted by Gasteiger charge is 2.21. The number of amides is 2. The van der Waals surface area contributed by atoms with Crippen molar-refractivity contribution in [3.8, 4) is 5.69 Å². The first-order valence-electron chi connectivity index (χ1n) is 8.30. The number of hydrogen-bond donors (Lipinski definition) is 3. The van der Waals surface area contributed by atoms with E-state index in [4.69, 9.17) is 0 Å². The smallest absolute Gasteiger partial charge is 0.307 e. The van der Waals surface area contributed by atoms with Gasteiger partial charge in [0.1, 0.15) is 5.51 Å². The molecule has 0 unspecified atom stereocenters. The zero-order valence-electron chi connectivity index (χ0n) is 14.9. The fourth-order valence-electron chi connectivity index (χ4n) is 2.69. The zero-order chi connectivity index (χ0) is 21.3. The molecule has 0 spiro atoms. The van der Waals surface area contributed by atoms with Crippen molar-refractivity contribution in [3.05, 3.63) is 74.9 Å². The minimum absolute atomic E-state index is 0.244. The average Bonchev–Trinajstić information content (AvgIpc) is 3.25. The molecule has 3 N–H and O–H groups in total. The molecule has 0 fully saturated rings. The van der Waals surface area contributed by atoms with Crippen LogP contribution in [0, 0.1) is 0 Å².